The molecule has 0 radical (unpaired) electrons. The standard InChI is InChI=1S/C21H26N2O4/c1-21(2,3)27-20(25)23-17-10-7-9-16(15-17)19(24)22-13-8-14-26-18-11-5-4-6-12-18/h4-7,9-12,15H,8,13-14H2,1-3H3,(H,22,24)(H,23,25). The van der Waals surface area contributed by atoms with Gasteiger partial charge in [0.2, 0.25) is 0 Å². The highest BCUT2D eigenvalue weighted by molar-refractivity contribution is 5.96. The van der Waals surface area contributed by atoms with E-state index in [9.17, 15) is 9.59 Å². The van der Waals surface area contributed by atoms with Gasteiger partial charge < -0.3 is 14.8 Å². The number of hydrogen-bond donors (Lipinski definition) is 2. The van der Waals surface area contributed by atoms with Crippen molar-refractivity contribution in [1.29, 1.82) is 0 Å². The fourth-order valence-electron chi connectivity index (χ4n) is 2.24. The molecule has 0 aliphatic heterocycles. The summed E-state index contributed by atoms with van der Waals surface area (Å²) in [5.41, 5.74) is 0.387. The molecule has 0 aromatic heterocycles. The molecule has 0 aliphatic rings. The van der Waals surface area contributed by atoms with Crippen LogP contribution in [-0.2, 0) is 4.74 Å². The topological polar surface area (TPSA) is 76.7 Å². The molecule has 0 atom stereocenters. The Kier molecular flexibility index (Phi) is 7.23. The summed E-state index contributed by atoms with van der Waals surface area (Å²) >= 11 is 0. The summed E-state index contributed by atoms with van der Waals surface area (Å²) in [6.45, 7) is 6.38. The first-order valence-electron chi connectivity index (χ1n) is 8.89. The number of para-hydroxylation sites is 1. The van der Waals surface area contributed by atoms with E-state index in [1.165, 1.54) is 0 Å². The summed E-state index contributed by atoms with van der Waals surface area (Å²) < 4.78 is 10.8. The Morgan fingerprint density at radius 3 is 2.44 bits per heavy atom. The fourth-order valence-corrected chi connectivity index (χ4v) is 2.24. The van der Waals surface area contributed by atoms with Crippen molar-refractivity contribution < 1.29 is 19.1 Å². The van der Waals surface area contributed by atoms with Crippen molar-refractivity contribution in [1.82, 2.24) is 5.32 Å². The van der Waals surface area contributed by atoms with Crippen LogP contribution in [0.4, 0.5) is 10.5 Å². The Morgan fingerprint density at radius 2 is 1.74 bits per heavy atom. The lowest BCUT2D eigenvalue weighted by Gasteiger charge is -2.19. The number of carbonyl (C=O) groups excluding carboxylic acids is 2. The highest BCUT2D eigenvalue weighted by Gasteiger charge is 2.16. The first-order valence-corrected chi connectivity index (χ1v) is 8.89. The predicted octanol–water partition coefficient (Wildman–Crippen LogP) is 4.23. The summed E-state index contributed by atoms with van der Waals surface area (Å²) in [6.07, 6.45) is 0.134. The minimum atomic E-state index is -0.582. The normalized spacial score (nSPS) is 10.8. The van der Waals surface area contributed by atoms with Gasteiger partial charge in [-0.2, -0.15) is 0 Å². The molecule has 2 aromatic rings. The van der Waals surface area contributed by atoms with E-state index in [0.29, 0.717) is 30.8 Å². The van der Waals surface area contributed by atoms with E-state index in [4.69, 9.17) is 9.47 Å². The molecule has 0 bridgehead atoms. The second-order valence-electron chi connectivity index (χ2n) is 6.98. The highest BCUT2D eigenvalue weighted by atomic mass is 16.6. The van der Waals surface area contributed by atoms with E-state index >= 15 is 0 Å². The number of hydrogen-bond acceptors (Lipinski definition) is 4. The molecule has 0 saturated carbocycles. The highest BCUT2D eigenvalue weighted by Crippen LogP contribution is 2.14. The van der Waals surface area contributed by atoms with Crippen molar-refractivity contribution in [2.45, 2.75) is 32.8 Å². The van der Waals surface area contributed by atoms with E-state index in [2.05, 4.69) is 10.6 Å². The zero-order valence-electron chi connectivity index (χ0n) is 16.0. The van der Waals surface area contributed by atoms with E-state index in [1.807, 2.05) is 30.3 Å². The SMILES string of the molecule is CC(C)(C)OC(=O)Nc1cccc(C(=O)NCCCOc2ccccc2)c1. The van der Waals surface area contributed by atoms with Crippen LogP contribution in [0.15, 0.2) is 54.6 Å². The van der Waals surface area contributed by atoms with Gasteiger partial charge in [0.05, 0.1) is 6.61 Å². The summed E-state index contributed by atoms with van der Waals surface area (Å²) in [5.74, 6) is 0.604. The molecule has 27 heavy (non-hydrogen) atoms. The number of nitrogens with one attached hydrogen (secondary N) is 2. The van der Waals surface area contributed by atoms with Crippen LogP contribution in [0.3, 0.4) is 0 Å². The van der Waals surface area contributed by atoms with Crippen molar-refractivity contribution in [3.05, 3.63) is 60.2 Å². The monoisotopic (exact) mass is 370 g/mol. The Labute approximate surface area is 159 Å². The third kappa shape index (κ3) is 7.81. The molecule has 0 spiro atoms. The van der Waals surface area contributed by atoms with Gasteiger partial charge in [0, 0.05) is 17.8 Å². The number of anilines is 1. The van der Waals surface area contributed by atoms with Crippen LogP contribution in [0, 0.1) is 0 Å². The van der Waals surface area contributed by atoms with E-state index in [0.717, 1.165) is 5.75 Å². The Bertz CT molecular complexity index is 754. The third-order valence-corrected chi connectivity index (χ3v) is 3.39. The molecule has 0 heterocycles. The molecule has 0 fully saturated rings. The Morgan fingerprint density at radius 1 is 1.00 bits per heavy atom. The first-order chi connectivity index (χ1) is 12.8. The molecule has 0 aliphatic carbocycles. The number of carbonyl (C=O) groups is 2. The second-order valence-corrected chi connectivity index (χ2v) is 6.98. The van der Waals surface area contributed by atoms with E-state index < -0.39 is 11.7 Å². The number of benzene rings is 2. The van der Waals surface area contributed by atoms with Gasteiger partial charge >= 0.3 is 6.09 Å². The molecular formula is C21H26N2O4. The maximum absolute atomic E-state index is 12.2. The molecule has 0 unspecified atom stereocenters. The van der Waals surface area contributed by atoms with Crippen molar-refractivity contribution in [2.75, 3.05) is 18.5 Å². The summed E-state index contributed by atoms with van der Waals surface area (Å²) in [7, 11) is 0. The molecule has 2 N–H and O–H groups in total. The average Bonchev–Trinajstić information content (AvgIpc) is 2.60. The molecule has 144 valence electrons. The van der Waals surface area contributed by atoms with Gasteiger partial charge in [-0.15, -0.1) is 0 Å². The summed E-state index contributed by atoms with van der Waals surface area (Å²) in [4.78, 5) is 24.1. The average molecular weight is 370 g/mol. The van der Waals surface area contributed by atoms with Crippen molar-refractivity contribution >= 4 is 17.7 Å². The van der Waals surface area contributed by atoms with E-state index in [-0.39, 0.29) is 5.91 Å². The lowest BCUT2D eigenvalue weighted by molar-refractivity contribution is 0.0635. The number of rotatable bonds is 7. The quantitative estimate of drug-likeness (QED) is 0.715. The predicted molar refractivity (Wildman–Crippen MR) is 105 cm³/mol. The number of ether oxygens (including phenoxy) is 2. The minimum Gasteiger partial charge on any atom is -0.494 e. The van der Waals surface area contributed by atoms with Gasteiger partial charge in [-0.3, -0.25) is 10.1 Å². The van der Waals surface area contributed by atoms with Gasteiger partial charge in [-0.1, -0.05) is 24.3 Å². The van der Waals surface area contributed by atoms with Crippen LogP contribution in [0.5, 0.6) is 5.75 Å². The van der Waals surface area contributed by atoms with Crippen molar-refractivity contribution in [3.63, 3.8) is 0 Å². The van der Waals surface area contributed by atoms with Gasteiger partial charge in [0.15, 0.2) is 0 Å². The lowest BCUT2D eigenvalue weighted by Crippen LogP contribution is -2.28. The molecule has 2 aromatic carbocycles. The third-order valence-electron chi connectivity index (χ3n) is 3.39. The Balaban J connectivity index is 1.76. The van der Waals surface area contributed by atoms with Crippen LogP contribution < -0.4 is 15.4 Å². The summed E-state index contributed by atoms with van der Waals surface area (Å²) in [5, 5.41) is 5.47. The number of amides is 2. The molecule has 6 nitrogen and oxygen atoms in total. The van der Waals surface area contributed by atoms with Gasteiger partial charge in [-0.05, 0) is 57.5 Å². The minimum absolute atomic E-state index is 0.206. The zero-order chi connectivity index (χ0) is 19.7. The molecular weight excluding hydrogens is 344 g/mol. The van der Waals surface area contributed by atoms with Crippen molar-refractivity contribution in [2.24, 2.45) is 0 Å². The van der Waals surface area contributed by atoms with E-state index in [1.54, 1.807) is 45.0 Å². The van der Waals surface area contributed by atoms with Gasteiger partial charge in [-0.25, -0.2) is 4.79 Å². The molecule has 2 rings (SSSR count). The maximum atomic E-state index is 12.2. The van der Waals surface area contributed by atoms with Crippen LogP contribution in [0.2, 0.25) is 0 Å². The first kappa shape index (κ1) is 20.3. The smallest absolute Gasteiger partial charge is 0.412 e. The fraction of sp³-hybridized carbons (Fsp3) is 0.333. The molecule has 6 heteroatoms. The maximum Gasteiger partial charge on any atom is 0.412 e. The van der Waals surface area contributed by atoms with Crippen LogP contribution in [-0.4, -0.2) is 30.8 Å². The largest absolute Gasteiger partial charge is 0.494 e. The molecule has 0 saturated heterocycles. The zero-order valence-corrected chi connectivity index (χ0v) is 16.0. The van der Waals surface area contributed by atoms with Gasteiger partial charge in [0.25, 0.3) is 5.91 Å². The summed E-state index contributed by atoms with van der Waals surface area (Å²) in [6, 6.07) is 16.2. The molecule has 2 amide bonds. The Hall–Kier alpha value is -3.02. The lowest BCUT2D eigenvalue weighted by atomic mass is 10.2. The van der Waals surface area contributed by atoms with Crippen LogP contribution in [0.25, 0.3) is 0 Å². The second kappa shape index (κ2) is 9.62. The van der Waals surface area contributed by atoms with Crippen molar-refractivity contribution in [3.8, 4) is 5.75 Å². The van der Waals surface area contributed by atoms with Crippen LogP contribution >= 0.6 is 0 Å². The van der Waals surface area contributed by atoms with Gasteiger partial charge in [0.1, 0.15) is 11.4 Å². The van der Waals surface area contributed by atoms with Crippen LogP contribution in [0.1, 0.15) is 37.6 Å².